The van der Waals surface area contributed by atoms with Gasteiger partial charge < -0.3 is 11.1 Å². The molecular weight excluding hydrogens is 390 g/mol. The minimum atomic E-state index is -1.15. The van der Waals surface area contributed by atoms with Gasteiger partial charge in [-0.25, -0.2) is 18.7 Å². The second-order valence-electron chi connectivity index (χ2n) is 7.32. The van der Waals surface area contributed by atoms with Crippen LogP contribution in [0.5, 0.6) is 0 Å². The van der Waals surface area contributed by atoms with Crippen LogP contribution in [-0.2, 0) is 5.41 Å². The number of carbonyl (C=O) groups is 1. The molecule has 3 aromatic heterocycles. The number of amides is 1. The van der Waals surface area contributed by atoms with Gasteiger partial charge in [0.15, 0.2) is 0 Å². The van der Waals surface area contributed by atoms with E-state index in [1.54, 1.807) is 25.4 Å². The molecule has 156 valence electrons. The Kier molecular flexibility index (Phi) is 6.29. The van der Waals surface area contributed by atoms with Crippen LogP contribution in [0, 0.1) is 5.82 Å². The van der Waals surface area contributed by atoms with Crippen LogP contribution in [0.25, 0.3) is 11.3 Å². The van der Waals surface area contributed by atoms with Crippen LogP contribution in [0.2, 0.25) is 0 Å². The van der Waals surface area contributed by atoms with Crippen molar-refractivity contribution in [3.05, 3.63) is 66.1 Å². The van der Waals surface area contributed by atoms with E-state index in [2.05, 4.69) is 25.3 Å². The van der Waals surface area contributed by atoms with Gasteiger partial charge in [0.1, 0.15) is 5.82 Å². The number of carbonyl (C=O) groups excluding carboxylic acids is 1. The van der Waals surface area contributed by atoms with Crippen molar-refractivity contribution in [3.63, 3.8) is 0 Å². The Balaban J connectivity index is 1.78. The lowest BCUT2D eigenvalue weighted by Crippen LogP contribution is -2.36. The predicted molar refractivity (Wildman–Crippen MR) is 109 cm³/mol. The molecule has 0 saturated heterocycles. The number of pyridine rings is 2. The smallest absolute Gasteiger partial charge is 0.248 e. The monoisotopic (exact) mass is 412 g/mol. The Morgan fingerprint density at radius 3 is 2.57 bits per heavy atom. The fraction of sp³-hybridized carbons (Fsp3) is 0.286. The van der Waals surface area contributed by atoms with Crippen molar-refractivity contribution < 1.29 is 13.6 Å². The van der Waals surface area contributed by atoms with Crippen LogP contribution >= 0.6 is 0 Å². The standard InChI is InChI=1S/C21H22F2N6O/c1-13(22)9-21(2,18-16(23)4-3-6-26-18)12-29-20-27-10-15(11-28-20)17-8-14(19(24)30)5-7-25-17/h3-8,10-11,13H,9,12H2,1-2H3,(H2,24,30)(H,27,28,29)/t13-,21-/m1/s1. The SMILES string of the molecule is C[C@@H](F)C[C@](C)(CNc1ncc(-c2cc(C(N)=O)ccn2)cn1)c1ncccc1F. The Hall–Kier alpha value is -3.49. The summed E-state index contributed by atoms with van der Waals surface area (Å²) in [5.74, 6) is -0.751. The summed E-state index contributed by atoms with van der Waals surface area (Å²) in [6, 6.07) is 5.88. The van der Waals surface area contributed by atoms with E-state index in [1.807, 2.05) is 0 Å². The van der Waals surface area contributed by atoms with Crippen molar-refractivity contribution in [2.45, 2.75) is 31.9 Å². The number of rotatable bonds is 8. The number of alkyl halides is 1. The molecule has 3 heterocycles. The molecule has 3 N–H and O–H groups in total. The minimum absolute atomic E-state index is 0.0792. The first-order valence-corrected chi connectivity index (χ1v) is 9.36. The molecule has 0 aliphatic rings. The van der Waals surface area contributed by atoms with Crippen LogP contribution in [0.1, 0.15) is 36.3 Å². The van der Waals surface area contributed by atoms with Crippen LogP contribution in [0.3, 0.4) is 0 Å². The van der Waals surface area contributed by atoms with Crippen LogP contribution in [0.4, 0.5) is 14.7 Å². The largest absolute Gasteiger partial charge is 0.366 e. The van der Waals surface area contributed by atoms with Crippen molar-refractivity contribution in [2.75, 3.05) is 11.9 Å². The van der Waals surface area contributed by atoms with Crippen molar-refractivity contribution in [1.29, 1.82) is 0 Å². The summed E-state index contributed by atoms with van der Waals surface area (Å²) in [5, 5.41) is 3.03. The molecule has 0 bridgehead atoms. The molecule has 0 unspecified atom stereocenters. The van der Waals surface area contributed by atoms with Gasteiger partial charge in [0, 0.05) is 47.9 Å². The van der Waals surface area contributed by atoms with Gasteiger partial charge in [-0.2, -0.15) is 0 Å². The van der Waals surface area contributed by atoms with Gasteiger partial charge >= 0.3 is 0 Å². The summed E-state index contributed by atoms with van der Waals surface area (Å²) in [4.78, 5) is 28.1. The maximum atomic E-state index is 14.3. The van der Waals surface area contributed by atoms with E-state index >= 15 is 0 Å². The van der Waals surface area contributed by atoms with E-state index in [9.17, 15) is 13.6 Å². The number of hydrogen-bond donors (Lipinski definition) is 2. The van der Waals surface area contributed by atoms with Crippen molar-refractivity contribution in [3.8, 4) is 11.3 Å². The molecule has 0 radical (unpaired) electrons. The minimum Gasteiger partial charge on any atom is -0.366 e. The van der Waals surface area contributed by atoms with Gasteiger partial charge in [0.25, 0.3) is 0 Å². The summed E-state index contributed by atoms with van der Waals surface area (Å²) in [7, 11) is 0. The van der Waals surface area contributed by atoms with Crippen molar-refractivity contribution in [1.82, 2.24) is 19.9 Å². The molecule has 3 aromatic rings. The van der Waals surface area contributed by atoms with E-state index in [4.69, 9.17) is 5.73 Å². The lowest BCUT2D eigenvalue weighted by atomic mass is 9.81. The molecule has 0 spiro atoms. The van der Waals surface area contributed by atoms with E-state index in [0.29, 0.717) is 22.8 Å². The third-order valence-electron chi connectivity index (χ3n) is 4.69. The number of halogens is 2. The van der Waals surface area contributed by atoms with Gasteiger partial charge in [0.05, 0.1) is 17.6 Å². The molecule has 2 atom stereocenters. The summed E-state index contributed by atoms with van der Waals surface area (Å²) in [5.41, 5.74) is 6.00. The fourth-order valence-corrected chi connectivity index (χ4v) is 3.27. The number of aromatic nitrogens is 4. The molecule has 0 fully saturated rings. The molecule has 0 saturated carbocycles. The molecule has 3 rings (SSSR count). The van der Waals surface area contributed by atoms with Crippen LogP contribution < -0.4 is 11.1 Å². The topological polar surface area (TPSA) is 107 Å². The number of nitrogens with one attached hydrogen (secondary N) is 1. The first-order chi connectivity index (χ1) is 14.3. The third-order valence-corrected chi connectivity index (χ3v) is 4.69. The lowest BCUT2D eigenvalue weighted by molar-refractivity contribution is 0.1000. The Labute approximate surface area is 172 Å². The van der Waals surface area contributed by atoms with Crippen molar-refractivity contribution >= 4 is 11.9 Å². The molecule has 1 amide bonds. The average molecular weight is 412 g/mol. The third kappa shape index (κ3) is 4.91. The van der Waals surface area contributed by atoms with E-state index in [-0.39, 0.29) is 18.7 Å². The Morgan fingerprint density at radius 2 is 1.93 bits per heavy atom. The second kappa shape index (κ2) is 8.89. The number of nitrogens with two attached hydrogens (primary N) is 1. The van der Waals surface area contributed by atoms with Crippen LogP contribution in [-0.4, -0.2) is 38.6 Å². The summed E-state index contributed by atoms with van der Waals surface area (Å²) in [6.45, 7) is 3.36. The van der Waals surface area contributed by atoms with Crippen LogP contribution in [0.15, 0.2) is 49.1 Å². The highest BCUT2D eigenvalue weighted by Crippen LogP contribution is 2.30. The maximum absolute atomic E-state index is 14.3. The number of hydrogen-bond acceptors (Lipinski definition) is 6. The first kappa shape index (κ1) is 21.2. The van der Waals surface area contributed by atoms with Gasteiger partial charge in [-0.05, 0) is 37.6 Å². The second-order valence-corrected chi connectivity index (χ2v) is 7.32. The number of nitrogens with zero attached hydrogens (tertiary/aromatic N) is 4. The maximum Gasteiger partial charge on any atom is 0.248 e. The normalized spacial score (nSPS) is 14.0. The van der Waals surface area contributed by atoms with Gasteiger partial charge in [0.2, 0.25) is 11.9 Å². The Morgan fingerprint density at radius 1 is 1.20 bits per heavy atom. The zero-order valence-corrected chi connectivity index (χ0v) is 16.6. The number of anilines is 1. The molecule has 0 aromatic carbocycles. The molecule has 30 heavy (non-hydrogen) atoms. The average Bonchev–Trinajstić information content (AvgIpc) is 2.72. The number of primary amides is 1. The van der Waals surface area contributed by atoms with Gasteiger partial charge in [-0.1, -0.05) is 6.92 Å². The molecule has 0 aliphatic heterocycles. The summed E-state index contributed by atoms with van der Waals surface area (Å²) in [6.07, 6.45) is 4.98. The van der Waals surface area contributed by atoms with Gasteiger partial charge in [-0.15, -0.1) is 0 Å². The van der Waals surface area contributed by atoms with Gasteiger partial charge in [-0.3, -0.25) is 14.8 Å². The van der Waals surface area contributed by atoms with Crippen molar-refractivity contribution in [2.24, 2.45) is 5.73 Å². The Bertz CT molecular complexity index is 1030. The molecule has 0 aliphatic carbocycles. The highest BCUT2D eigenvalue weighted by atomic mass is 19.1. The summed E-state index contributed by atoms with van der Waals surface area (Å²) < 4.78 is 28.1. The fourth-order valence-electron chi connectivity index (χ4n) is 3.27. The first-order valence-electron chi connectivity index (χ1n) is 9.36. The van der Waals surface area contributed by atoms with E-state index in [0.717, 1.165) is 0 Å². The highest BCUT2D eigenvalue weighted by Gasteiger charge is 2.33. The molecular formula is C21H22F2N6O. The summed E-state index contributed by atoms with van der Waals surface area (Å²) >= 11 is 0. The predicted octanol–water partition coefficient (Wildman–Crippen LogP) is 3.29. The molecule has 9 heteroatoms. The van der Waals surface area contributed by atoms with E-state index in [1.165, 1.54) is 37.5 Å². The highest BCUT2D eigenvalue weighted by molar-refractivity contribution is 5.93. The quantitative estimate of drug-likeness (QED) is 0.588. The zero-order valence-electron chi connectivity index (χ0n) is 16.6. The lowest BCUT2D eigenvalue weighted by Gasteiger charge is -2.30. The zero-order chi connectivity index (χ0) is 21.7. The molecule has 7 nitrogen and oxygen atoms in total. The van der Waals surface area contributed by atoms with E-state index < -0.39 is 23.3 Å².